The zero-order valence-corrected chi connectivity index (χ0v) is 22.5. The van der Waals surface area contributed by atoms with Crippen LogP contribution < -0.4 is 0 Å². The van der Waals surface area contributed by atoms with Gasteiger partial charge in [0.2, 0.25) is 0 Å². The first-order valence-electron chi connectivity index (χ1n) is 11.7. The van der Waals surface area contributed by atoms with Crippen LogP contribution in [0.1, 0.15) is 36.6 Å². The number of allylic oxidation sites excluding steroid dienone is 1. The van der Waals surface area contributed by atoms with Gasteiger partial charge < -0.3 is 9.55 Å². The molecule has 1 aliphatic heterocycles. The van der Waals surface area contributed by atoms with E-state index < -0.39 is 0 Å². The van der Waals surface area contributed by atoms with Crippen molar-refractivity contribution in [2.75, 3.05) is 0 Å². The number of hydrogen-bond acceptors (Lipinski definition) is 2. The Morgan fingerprint density at radius 1 is 0.829 bits per heavy atom. The van der Waals surface area contributed by atoms with Crippen LogP contribution in [0.25, 0.3) is 39.8 Å². The fourth-order valence-electron chi connectivity index (χ4n) is 4.38. The molecule has 0 saturated carbocycles. The van der Waals surface area contributed by atoms with Crippen molar-refractivity contribution in [3.8, 4) is 22.6 Å². The van der Waals surface area contributed by atoms with Crippen molar-refractivity contribution < 1.29 is 20.1 Å². The van der Waals surface area contributed by atoms with Gasteiger partial charge in [0.15, 0.2) is 0 Å². The van der Waals surface area contributed by atoms with Crippen molar-refractivity contribution in [2.24, 2.45) is 0 Å². The van der Waals surface area contributed by atoms with Gasteiger partial charge >= 0.3 is 0 Å². The second-order valence-electron chi connectivity index (χ2n) is 8.76. The summed E-state index contributed by atoms with van der Waals surface area (Å²) < 4.78 is 2.31. The van der Waals surface area contributed by atoms with E-state index in [1.807, 2.05) is 67.6 Å². The standard InChI is InChI=1S/C19H17N2.C12H10N.Ir/c1-13(2)15-10-11-17-18-16(15)9-6-12-21(18)19(20-17)14-7-4-3-5-8-14;1-10-6-5-9-12(13-10)11-7-3-2-4-8-11;/h3-7,9-11,13H,12H2,1-2H3;2-7,9H,1H3;/q2*-1;. The molecule has 3 aromatic carbocycles. The van der Waals surface area contributed by atoms with E-state index in [9.17, 15) is 0 Å². The van der Waals surface area contributed by atoms with Crippen molar-refractivity contribution in [1.29, 1.82) is 0 Å². The average Bonchev–Trinajstić information content (AvgIpc) is 3.26. The number of aryl methyl sites for hydroxylation is 1. The number of aromatic nitrogens is 3. The van der Waals surface area contributed by atoms with E-state index in [0.29, 0.717) is 5.92 Å². The van der Waals surface area contributed by atoms with E-state index >= 15 is 0 Å². The molecule has 0 atom stereocenters. The summed E-state index contributed by atoms with van der Waals surface area (Å²) >= 11 is 0. The quantitative estimate of drug-likeness (QED) is 0.193. The zero-order chi connectivity index (χ0) is 23.5. The molecule has 2 aromatic heterocycles. The summed E-state index contributed by atoms with van der Waals surface area (Å²) in [7, 11) is 0. The summed E-state index contributed by atoms with van der Waals surface area (Å²) in [6.07, 6.45) is 4.47. The number of hydrogen-bond donors (Lipinski definition) is 0. The van der Waals surface area contributed by atoms with E-state index in [2.05, 4.69) is 65.9 Å². The number of benzene rings is 3. The topological polar surface area (TPSA) is 30.7 Å². The van der Waals surface area contributed by atoms with Crippen molar-refractivity contribution >= 4 is 17.1 Å². The maximum Gasteiger partial charge on any atom is 0.0777 e. The Bertz CT molecular complexity index is 1450. The van der Waals surface area contributed by atoms with Crippen LogP contribution in [0.3, 0.4) is 0 Å². The van der Waals surface area contributed by atoms with Crippen LogP contribution in [0, 0.1) is 19.1 Å². The first-order chi connectivity index (χ1) is 16.6. The van der Waals surface area contributed by atoms with Gasteiger partial charge in [-0.3, -0.25) is 4.98 Å². The summed E-state index contributed by atoms with van der Waals surface area (Å²) in [4.78, 5) is 9.26. The van der Waals surface area contributed by atoms with Gasteiger partial charge in [-0.25, -0.2) is 0 Å². The van der Waals surface area contributed by atoms with Gasteiger partial charge in [0.25, 0.3) is 0 Å². The maximum atomic E-state index is 4.85. The molecule has 0 unspecified atom stereocenters. The molecule has 0 N–H and O–H groups in total. The Balaban J connectivity index is 0.000000179. The van der Waals surface area contributed by atoms with Gasteiger partial charge in [0.1, 0.15) is 0 Å². The molecule has 0 spiro atoms. The molecule has 3 heterocycles. The van der Waals surface area contributed by atoms with Gasteiger partial charge in [0, 0.05) is 37.9 Å². The van der Waals surface area contributed by atoms with Gasteiger partial charge in [-0.15, -0.1) is 71.8 Å². The Morgan fingerprint density at radius 3 is 2.23 bits per heavy atom. The van der Waals surface area contributed by atoms with E-state index in [-0.39, 0.29) is 20.1 Å². The summed E-state index contributed by atoms with van der Waals surface area (Å²) in [5.41, 5.74) is 9.18. The summed E-state index contributed by atoms with van der Waals surface area (Å²) in [6, 6.07) is 32.7. The molecule has 0 bridgehead atoms. The second kappa shape index (κ2) is 10.9. The van der Waals surface area contributed by atoms with Gasteiger partial charge in [0.05, 0.1) is 16.9 Å². The molecule has 177 valence electrons. The van der Waals surface area contributed by atoms with Crippen LogP contribution in [-0.2, 0) is 26.7 Å². The Morgan fingerprint density at radius 2 is 1.57 bits per heavy atom. The molecule has 3 nitrogen and oxygen atoms in total. The minimum absolute atomic E-state index is 0. The van der Waals surface area contributed by atoms with Crippen molar-refractivity contribution in [2.45, 2.75) is 33.2 Å². The average molecular weight is 634 g/mol. The molecule has 0 amide bonds. The van der Waals surface area contributed by atoms with Gasteiger partial charge in [-0.1, -0.05) is 44.2 Å². The maximum absolute atomic E-state index is 4.85. The zero-order valence-electron chi connectivity index (χ0n) is 20.1. The Labute approximate surface area is 220 Å². The van der Waals surface area contributed by atoms with Gasteiger partial charge in [-0.05, 0) is 36.2 Å². The summed E-state index contributed by atoms with van der Waals surface area (Å²) in [6.45, 7) is 7.36. The monoisotopic (exact) mass is 634 g/mol. The SMILES string of the molecule is CC(C)c1ccc2nc(-c3[c-]cccc3)n3c2c1C=CC3.Cc1cccc(-c2[c-]cccc2)n1.[Ir]. The number of nitrogens with zero attached hydrogens (tertiary/aromatic N) is 3. The van der Waals surface area contributed by atoms with Crippen LogP contribution in [0.5, 0.6) is 0 Å². The summed E-state index contributed by atoms with van der Waals surface area (Å²) in [5.74, 6) is 1.53. The van der Waals surface area contributed by atoms with Crippen LogP contribution >= 0.6 is 0 Å². The predicted molar refractivity (Wildman–Crippen MR) is 140 cm³/mol. The molecule has 0 aliphatic carbocycles. The number of pyridine rings is 1. The third-order valence-electron chi connectivity index (χ3n) is 6.00. The Hall–Kier alpha value is -3.33. The van der Waals surface area contributed by atoms with Crippen molar-refractivity contribution in [3.05, 3.63) is 114 Å². The van der Waals surface area contributed by atoms with Crippen molar-refractivity contribution in [1.82, 2.24) is 14.5 Å². The van der Waals surface area contributed by atoms with Crippen molar-refractivity contribution in [3.63, 3.8) is 0 Å². The molecular formula is C31H27IrN3-2. The van der Waals surface area contributed by atoms with E-state index in [1.54, 1.807) is 0 Å². The van der Waals surface area contributed by atoms with E-state index in [1.165, 1.54) is 16.6 Å². The second-order valence-corrected chi connectivity index (χ2v) is 8.76. The first kappa shape index (κ1) is 24.8. The predicted octanol–water partition coefficient (Wildman–Crippen LogP) is 7.51. The van der Waals surface area contributed by atoms with Crippen LogP contribution in [0.4, 0.5) is 0 Å². The van der Waals surface area contributed by atoms with Crippen LogP contribution in [0.2, 0.25) is 0 Å². The minimum atomic E-state index is 0. The third-order valence-corrected chi connectivity index (χ3v) is 6.00. The molecular weight excluding hydrogens is 607 g/mol. The number of imidazole rings is 1. The van der Waals surface area contributed by atoms with Gasteiger partial charge in [-0.2, -0.15) is 0 Å². The summed E-state index contributed by atoms with van der Waals surface area (Å²) in [5, 5.41) is 0. The molecule has 6 rings (SSSR count). The largest absolute Gasteiger partial charge is 0.360 e. The third kappa shape index (κ3) is 5.19. The molecule has 35 heavy (non-hydrogen) atoms. The van der Waals surface area contributed by atoms with Crippen LogP contribution in [0.15, 0.2) is 84.9 Å². The molecule has 0 saturated heterocycles. The van der Waals surface area contributed by atoms with Crippen LogP contribution in [-0.4, -0.2) is 14.5 Å². The Kier molecular flexibility index (Phi) is 7.75. The van der Waals surface area contributed by atoms with E-state index in [4.69, 9.17) is 4.98 Å². The fraction of sp³-hybridized carbons (Fsp3) is 0.161. The minimum Gasteiger partial charge on any atom is -0.360 e. The fourth-order valence-corrected chi connectivity index (χ4v) is 4.38. The molecule has 0 fully saturated rings. The first-order valence-corrected chi connectivity index (χ1v) is 11.7. The van der Waals surface area contributed by atoms with E-state index in [0.717, 1.165) is 40.4 Å². The molecule has 1 aliphatic rings. The molecule has 5 aromatic rings. The number of rotatable bonds is 3. The smallest absolute Gasteiger partial charge is 0.0777 e. The molecule has 1 radical (unpaired) electrons. The molecule has 4 heteroatoms. The normalized spacial score (nSPS) is 11.7.